The predicted octanol–water partition coefficient (Wildman–Crippen LogP) is 3.66. The number of hydrogen-bond acceptors (Lipinski definition) is 5. The van der Waals surface area contributed by atoms with Gasteiger partial charge in [-0.1, -0.05) is 0 Å². The molecule has 0 amide bonds. The fourth-order valence-corrected chi connectivity index (χ4v) is 3.11. The van der Waals surface area contributed by atoms with Crippen LogP contribution in [0, 0.1) is 17.0 Å². The molecule has 1 N–H and O–H groups in total. The van der Waals surface area contributed by atoms with E-state index in [1.54, 1.807) is 37.3 Å². The molecule has 1 aromatic heterocycles. The number of benzene rings is 2. The standard InChI is InChI=1S/C19H18N2O5/c1-3-26-19(23)11-17-12(2)20(18-10-15(22)8-9-16(17)18)13-4-6-14(7-5-13)21(24)25/h4-10,22H,3,11H2,1-2H3. The van der Waals surface area contributed by atoms with Crippen molar-refractivity contribution in [2.45, 2.75) is 20.3 Å². The van der Waals surface area contributed by atoms with E-state index in [-0.39, 0.29) is 23.8 Å². The second-order valence-corrected chi connectivity index (χ2v) is 5.86. The van der Waals surface area contributed by atoms with Gasteiger partial charge in [-0.05, 0) is 43.7 Å². The minimum absolute atomic E-state index is 0.00235. The Hall–Kier alpha value is -3.35. The van der Waals surface area contributed by atoms with Crippen LogP contribution in [-0.2, 0) is 16.0 Å². The highest BCUT2D eigenvalue weighted by Gasteiger charge is 2.19. The summed E-state index contributed by atoms with van der Waals surface area (Å²) in [6.45, 7) is 3.93. The van der Waals surface area contributed by atoms with Gasteiger partial charge in [-0.3, -0.25) is 14.9 Å². The fraction of sp³-hybridized carbons (Fsp3) is 0.211. The Morgan fingerprint density at radius 3 is 2.54 bits per heavy atom. The Morgan fingerprint density at radius 2 is 1.92 bits per heavy atom. The fourth-order valence-electron chi connectivity index (χ4n) is 3.11. The monoisotopic (exact) mass is 354 g/mol. The molecule has 0 atom stereocenters. The van der Waals surface area contributed by atoms with E-state index in [2.05, 4.69) is 0 Å². The number of carbonyl (C=O) groups excluding carboxylic acids is 1. The molecule has 0 aliphatic heterocycles. The number of phenols is 1. The number of phenolic OH excluding ortho intramolecular Hbond substituents is 1. The van der Waals surface area contributed by atoms with Crippen LogP contribution in [0.5, 0.6) is 5.75 Å². The number of nitrogens with zero attached hydrogens (tertiary/aromatic N) is 2. The number of hydrogen-bond donors (Lipinski definition) is 1. The van der Waals surface area contributed by atoms with Crippen LogP contribution >= 0.6 is 0 Å². The topological polar surface area (TPSA) is 94.6 Å². The third-order valence-electron chi connectivity index (χ3n) is 4.26. The first-order valence-electron chi connectivity index (χ1n) is 8.15. The number of ether oxygens (including phenoxy) is 1. The normalized spacial score (nSPS) is 10.8. The SMILES string of the molecule is CCOC(=O)Cc1c(C)n(-c2ccc([N+](=O)[O-])cc2)c2cc(O)ccc12. The Morgan fingerprint density at radius 1 is 1.23 bits per heavy atom. The highest BCUT2D eigenvalue weighted by Crippen LogP contribution is 2.32. The highest BCUT2D eigenvalue weighted by molar-refractivity contribution is 5.91. The van der Waals surface area contributed by atoms with Crippen molar-refractivity contribution in [1.29, 1.82) is 0 Å². The molecule has 0 bridgehead atoms. The van der Waals surface area contributed by atoms with E-state index in [4.69, 9.17) is 4.74 Å². The van der Waals surface area contributed by atoms with Gasteiger partial charge in [-0.2, -0.15) is 0 Å². The number of carbonyl (C=O) groups is 1. The Kier molecular flexibility index (Phi) is 4.62. The van der Waals surface area contributed by atoms with Crippen molar-refractivity contribution in [3.63, 3.8) is 0 Å². The minimum Gasteiger partial charge on any atom is -0.508 e. The van der Waals surface area contributed by atoms with Crippen LogP contribution in [0.4, 0.5) is 5.69 Å². The summed E-state index contributed by atoms with van der Waals surface area (Å²) in [5.74, 6) is -0.229. The summed E-state index contributed by atoms with van der Waals surface area (Å²) in [4.78, 5) is 22.4. The van der Waals surface area contributed by atoms with Crippen molar-refractivity contribution >= 4 is 22.6 Å². The van der Waals surface area contributed by atoms with Gasteiger partial charge in [0.1, 0.15) is 5.75 Å². The Bertz CT molecular complexity index is 989. The van der Waals surface area contributed by atoms with Crippen molar-refractivity contribution in [1.82, 2.24) is 4.57 Å². The number of non-ortho nitro benzene ring substituents is 1. The molecule has 134 valence electrons. The van der Waals surface area contributed by atoms with Crippen molar-refractivity contribution in [2.75, 3.05) is 6.61 Å². The van der Waals surface area contributed by atoms with Gasteiger partial charge in [0.2, 0.25) is 0 Å². The van der Waals surface area contributed by atoms with Crippen molar-refractivity contribution < 1.29 is 19.6 Å². The molecule has 1 heterocycles. The molecule has 0 aliphatic rings. The van der Waals surface area contributed by atoms with Crippen molar-refractivity contribution in [2.24, 2.45) is 0 Å². The van der Waals surface area contributed by atoms with Crippen LogP contribution in [-0.4, -0.2) is 27.2 Å². The maximum atomic E-state index is 12.0. The van der Waals surface area contributed by atoms with Crippen molar-refractivity contribution in [3.05, 3.63) is 63.8 Å². The van der Waals surface area contributed by atoms with Gasteiger partial charge in [-0.25, -0.2) is 0 Å². The number of esters is 1. The number of aromatic nitrogens is 1. The van der Waals surface area contributed by atoms with E-state index < -0.39 is 4.92 Å². The second kappa shape index (κ2) is 6.87. The first-order chi connectivity index (χ1) is 12.4. The summed E-state index contributed by atoms with van der Waals surface area (Å²) in [6.07, 6.45) is 0.112. The second-order valence-electron chi connectivity index (χ2n) is 5.86. The lowest BCUT2D eigenvalue weighted by Gasteiger charge is -2.09. The van der Waals surface area contributed by atoms with Crippen LogP contribution in [0.15, 0.2) is 42.5 Å². The van der Waals surface area contributed by atoms with Crippen LogP contribution in [0.2, 0.25) is 0 Å². The summed E-state index contributed by atoms with van der Waals surface area (Å²) < 4.78 is 6.93. The number of fused-ring (bicyclic) bond motifs is 1. The van der Waals surface area contributed by atoms with Gasteiger partial charge in [0.25, 0.3) is 5.69 Å². The molecule has 7 heteroatoms. The molecular weight excluding hydrogens is 336 g/mol. The summed E-state index contributed by atoms with van der Waals surface area (Å²) in [7, 11) is 0. The zero-order valence-corrected chi connectivity index (χ0v) is 14.4. The summed E-state index contributed by atoms with van der Waals surface area (Å²) >= 11 is 0. The van der Waals surface area contributed by atoms with Gasteiger partial charge in [0.05, 0.1) is 23.5 Å². The lowest BCUT2D eigenvalue weighted by Crippen LogP contribution is -2.08. The molecule has 3 aromatic rings. The van der Waals surface area contributed by atoms with Crippen LogP contribution < -0.4 is 0 Å². The Balaban J connectivity index is 2.18. The van der Waals surface area contributed by atoms with Gasteiger partial charge in [0.15, 0.2) is 0 Å². The van der Waals surface area contributed by atoms with E-state index in [1.807, 2.05) is 11.5 Å². The zero-order valence-electron chi connectivity index (χ0n) is 14.4. The summed E-state index contributed by atoms with van der Waals surface area (Å²) in [5, 5.41) is 21.6. The minimum atomic E-state index is -0.456. The first kappa shape index (κ1) is 17.5. The smallest absolute Gasteiger partial charge is 0.310 e. The third-order valence-corrected chi connectivity index (χ3v) is 4.26. The van der Waals surface area contributed by atoms with Crippen LogP contribution in [0.1, 0.15) is 18.2 Å². The van der Waals surface area contributed by atoms with E-state index in [0.717, 1.165) is 22.2 Å². The maximum Gasteiger partial charge on any atom is 0.310 e. The molecule has 26 heavy (non-hydrogen) atoms. The van der Waals surface area contributed by atoms with Gasteiger partial charge in [-0.15, -0.1) is 0 Å². The average Bonchev–Trinajstić information content (AvgIpc) is 2.86. The lowest BCUT2D eigenvalue weighted by atomic mass is 10.1. The van der Waals surface area contributed by atoms with E-state index in [0.29, 0.717) is 12.3 Å². The van der Waals surface area contributed by atoms with Gasteiger partial charge < -0.3 is 14.4 Å². The maximum absolute atomic E-state index is 12.0. The number of nitro groups is 1. The molecule has 0 spiro atoms. The third kappa shape index (κ3) is 3.11. The zero-order chi connectivity index (χ0) is 18.8. The molecule has 0 unspecified atom stereocenters. The molecule has 3 rings (SSSR count). The largest absolute Gasteiger partial charge is 0.508 e. The van der Waals surface area contributed by atoms with Gasteiger partial charge >= 0.3 is 5.97 Å². The summed E-state index contributed by atoms with van der Waals surface area (Å²) in [5.41, 5.74) is 3.04. The quantitative estimate of drug-likeness (QED) is 0.429. The molecule has 0 aliphatic carbocycles. The number of nitro benzene ring substituents is 1. The summed E-state index contributed by atoms with van der Waals surface area (Å²) in [6, 6.07) is 11.1. The molecule has 2 aromatic carbocycles. The Labute approximate surface area is 149 Å². The van der Waals surface area contributed by atoms with Crippen LogP contribution in [0.25, 0.3) is 16.6 Å². The average molecular weight is 354 g/mol. The molecular formula is C19H18N2O5. The lowest BCUT2D eigenvalue weighted by molar-refractivity contribution is -0.384. The van der Waals surface area contributed by atoms with E-state index in [9.17, 15) is 20.0 Å². The molecule has 0 fully saturated rings. The van der Waals surface area contributed by atoms with E-state index in [1.165, 1.54) is 12.1 Å². The van der Waals surface area contributed by atoms with Gasteiger partial charge in [0, 0.05) is 35.0 Å². The molecule has 0 radical (unpaired) electrons. The molecule has 7 nitrogen and oxygen atoms in total. The predicted molar refractivity (Wildman–Crippen MR) is 96.7 cm³/mol. The van der Waals surface area contributed by atoms with E-state index >= 15 is 0 Å². The number of aromatic hydroxyl groups is 1. The van der Waals surface area contributed by atoms with Crippen LogP contribution in [0.3, 0.4) is 0 Å². The highest BCUT2D eigenvalue weighted by atomic mass is 16.6. The van der Waals surface area contributed by atoms with Crippen molar-refractivity contribution in [3.8, 4) is 11.4 Å². The number of rotatable bonds is 5. The first-order valence-corrected chi connectivity index (χ1v) is 8.15. The molecule has 0 saturated heterocycles. The molecule has 0 saturated carbocycles.